The summed E-state index contributed by atoms with van der Waals surface area (Å²) in [5.74, 6) is -2.74. The molecule has 0 radical (unpaired) electrons. The topological polar surface area (TPSA) is 113 Å². The minimum absolute atomic E-state index is 0.115. The number of carbonyl (C=O) groups is 3. The molecule has 0 heterocycles. The quantitative estimate of drug-likeness (QED) is 0.376. The van der Waals surface area contributed by atoms with Gasteiger partial charge in [0.2, 0.25) is 0 Å². The van der Waals surface area contributed by atoms with Gasteiger partial charge in [0.15, 0.2) is 5.75 Å². The summed E-state index contributed by atoms with van der Waals surface area (Å²) in [6, 6.07) is 15.4. The smallest absolute Gasteiger partial charge is 0.336 e. The zero-order valence-corrected chi connectivity index (χ0v) is 18.2. The minimum Gasteiger partial charge on any atom is -0.478 e. The number of para-hydroxylation sites is 2. The van der Waals surface area contributed by atoms with Crippen molar-refractivity contribution in [2.45, 2.75) is 0 Å². The van der Waals surface area contributed by atoms with Gasteiger partial charge in [0.25, 0.3) is 5.91 Å². The van der Waals surface area contributed by atoms with Gasteiger partial charge in [-0.05, 0) is 48.5 Å². The van der Waals surface area contributed by atoms with Crippen LogP contribution in [-0.2, 0) is 0 Å². The first-order valence-corrected chi connectivity index (χ1v) is 9.98. The highest BCUT2D eigenvalue weighted by molar-refractivity contribution is 9.11. The number of carboxylic acid groups (broad SMARTS) is 2. The van der Waals surface area contributed by atoms with E-state index in [-0.39, 0.29) is 23.0 Å². The fourth-order valence-electron chi connectivity index (χ4n) is 2.62. The minimum atomic E-state index is -1.39. The van der Waals surface area contributed by atoms with Gasteiger partial charge >= 0.3 is 11.9 Å². The van der Waals surface area contributed by atoms with Crippen LogP contribution < -0.4 is 10.1 Å². The molecule has 0 aromatic heterocycles. The standard InChI is InChI=1S/C21H13Br2NO6/c22-12-7-11(8-13(23)9-12)19(25)24-17-3-1-2-4-18(17)30-14-5-6-15(20(26)27)16(10-14)21(28)29/h1-10H,(H,24,25)(H,26,27)(H,28,29). The maximum Gasteiger partial charge on any atom is 0.336 e. The molecule has 1 amide bonds. The fourth-order valence-corrected chi connectivity index (χ4v) is 3.91. The third kappa shape index (κ3) is 5.05. The summed E-state index contributed by atoms with van der Waals surface area (Å²) in [6.45, 7) is 0. The van der Waals surface area contributed by atoms with E-state index in [0.29, 0.717) is 11.3 Å². The van der Waals surface area contributed by atoms with Gasteiger partial charge in [-0.15, -0.1) is 0 Å². The van der Waals surface area contributed by atoms with Crippen LogP contribution in [0, 0.1) is 0 Å². The Morgan fingerprint density at radius 3 is 2.07 bits per heavy atom. The first kappa shape index (κ1) is 21.5. The van der Waals surface area contributed by atoms with Gasteiger partial charge in [-0.25, -0.2) is 9.59 Å². The fraction of sp³-hybridized carbons (Fsp3) is 0. The number of hydrogen-bond acceptors (Lipinski definition) is 4. The largest absolute Gasteiger partial charge is 0.478 e. The molecule has 0 fully saturated rings. The molecule has 9 heteroatoms. The van der Waals surface area contributed by atoms with Crippen LogP contribution in [0.5, 0.6) is 11.5 Å². The van der Waals surface area contributed by atoms with Gasteiger partial charge in [-0.2, -0.15) is 0 Å². The van der Waals surface area contributed by atoms with Gasteiger partial charge in [0.1, 0.15) is 5.75 Å². The highest BCUT2D eigenvalue weighted by Crippen LogP contribution is 2.31. The molecular weight excluding hydrogens is 522 g/mol. The van der Waals surface area contributed by atoms with Crippen LogP contribution in [0.1, 0.15) is 31.1 Å². The zero-order chi connectivity index (χ0) is 21.8. The van der Waals surface area contributed by atoms with Crippen molar-refractivity contribution in [3.63, 3.8) is 0 Å². The number of aromatic carboxylic acids is 2. The lowest BCUT2D eigenvalue weighted by atomic mass is 10.1. The number of anilines is 1. The monoisotopic (exact) mass is 533 g/mol. The van der Waals surface area contributed by atoms with Gasteiger partial charge < -0.3 is 20.3 Å². The van der Waals surface area contributed by atoms with E-state index in [1.54, 1.807) is 42.5 Å². The molecule has 3 rings (SSSR count). The molecule has 0 aliphatic heterocycles. The molecule has 0 spiro atoms. The maximum absolute atomic E-state index is 12.6. The van der Waals surface area contributed by atoms with Crippen molar-refractivity contribution in [3.05, 3.63) is 86.3 Å². The van der Waals surface area contributed by atoms with Crippen LogP contribution in [0.3, 0.4) is 0 Å². The number of hydrogen-bond donors (Lipinski definition) is 3. The Kier molecular flexibility index (Phi) is 6.53. The highest BCUT2D eigenvalue weighted by Gasteiger charge is 2.18. The van der Waals surface area contributed by atoms with E-state index < -0.39 is 17.5 Å². The molecule has 0 bridgehead atoms. The number of ether oxygens (including phenoxy) is 1. The van der Waals surface area contributed by atoms with Gasteiger partial charge in [-0.1, -0.05) is 44.0 Å². The Balaban J connectivity index is 1.89. The Labute approximate surface area is 187 Å². The van der Waals surface area contributed by atoms with Crippen LogP contribution in [0.15, 0.2) is 69.6 Å². The lowest BCUT2D eigenvalue weighted by Gasteiger charge is -2.13. The average Bonchev–Trinajstić information content (AvgIpc) is 2.68. The van der Waals surface area contributed by atoms with Crippen LogP contribution in [0.25, 0.3) is 0 Å². The van der Waals surface area contributed by atoms with Crippen molar-refractivity contribution in [1.82, 2.24) is 0 Å². The molecule has 0 saturated heterocycles. The molecule has 30 heavy (non-hydrogen) atoms. The molecule has 0 aliphatic rings. The Morgan fingerprint density at radius 2 is 1.43 bits per heavy atom. The highest BCUT2D eigenvalue weighted by atomic mass is 79.9. The predicted molar refractivity (Wildman–Crippen MR) is 117 cm³/mol. The van der Waals surface area contributed by atoms with E-state index in [0.717, 1.165) is 21.1 Å². The lowest BCUT2D eigenvalue weighted by Crippen LogP contribution is -2.12. The normalized spacial score (nSPS) is 10.3. The number of amides is 1. The molecular formula is C21H13Br2NO6. The van der Waals surface area contributed by atoms with E-state index in [1.165, 1.54) is 6.07 Å². The van der Waals surface area contributed by atoms with E-state index in [1.807, 2.05) is 0 Å². The Morgan fingerprint density at radius 1 is 0.800 bits per heavy atom. The van der Waals surface area contributed by atoms with Crippen molar-refractivity contribution in [2.75, 3.05) is 5.32 Å². The molecule has 0 saturated carbocycles. The van der Waals surface area contributed by atoms with E-state index >= 15 is 0 Å². The molecule has 0 aliphatic carbocycles. The van der Waals surface area contributed by atoms with Gasteiger partial charge in [-0.3, -0.25) is 4.79 Å². The number of halogens is 2. The SMILES string of the molecule is O=C(Nc1ccccc1Oc1ccc(C(=O)O)c(C(=O)O)c1)c1cc(Br)cc(Br)c1. The number of carbonyl (C=O) groups excluding carboxylic acids is 1. The third-order valence-electron chi connectivity index (χ3n) is 3.94. The molecule has 152 valence electrons. The molecule has 3 N–H and O–H groups in total. The van der Waals surface area contributed by atoms with Gasteiger partial charge in [0.05, 0.1) is 16.8 Å². The summed E-state index contributed by atoms with van der Waals surface area (Å²) in [7, 11) is 0. The van der Waals surface area contributed by atoms with Crippen molar-refractivity contribution in [3.8, 4) is 11.5 Å². The van der Waals surface area contributed by atoms with Crippen molar-refractivity contribution < 1.29 is 29.3 Å². The number of nitrogens with one attached hydrogen (secondary N) is 1. The number of rotatable bonds is 6. The summed E-state index contributed by atoms with van der Waals surface area (Å²) < 4.78 is 7.19. The Bertz CT molecular complexity index is 1140. The van der Waals surface area contributed by atoms with Crippen LogP contribution in [0.2, 0.25) is 0 Å². The zero-order valence-electron chi connectivity index (χ0n) is 15.1. The molecule has 0 unspecified atom stereocenters. The van der Waals surface area contributed by atoms with Crippen molar-refractivity contribution in [2.24, 2.45) is 0 Å². The van der Waals surface area contributed by atoms with Crippen molar-refractivity contribution >= 4 is 55.4 Å². The summed E-state index contributed by atoms with van der Waals surface area (Å²) in [5.41, 5.74) is 0.0139. The summed E-state index contributed by atoms with van der Waals surface area (Å²) >= 11 is 6.67. The second-order valence-corrected chi connectivity index (χ2v) is 7.86. The maximum atomic E-state index is 12.6. The third-order valence-corrected chi connectivity index (χ3v) is 4.86. The first-order chi connectivity index (χ1) is 14.2. The second-order valence-electron chi connectivity index (χ2n) is 6.03. The van der Waals surface area contributed by atoms with Crippen LogP contribution >= 0.6 is 31.9 Å². The average molecular weight is 535 g/mol. The predicted octanol–water partition coefficient (Wildman–Crippen LogP) is 5.65. The lowest BCUT2D eigenvalue weighted by molar-refractivity contribution is 0.0651. The number of carboxylic acids is 2. The molecule has 7 nitrogen and oxygen atoms in total. The van der Waals surface area contributed by atoms with Crippen molar-refractivity contribution in [1.29, 1.82) is 0 Å². The van der Waals surface area contributed by atoms with Crippen LogP contribution in [0.4, 0.5) is 5.69 Å². The summed E-state index contributed by atoms with van der Waals surface area (Å²) in [6.07, 6.45) is 0. The number of benzene rings is 3. The molecule has 3 aromatic rings. The Hall–Kier alpha value is -3.17. The van der Waals surface area contributed by atoms with E-state index in [2.05, 4.69) is 37.2 Å². The molecule has 0 atom stereocenters. The summed E-state index contributed by atoms with van der Waals surface area (Å²) in [4.78, 5) is 35.2. The van der Waals surface area contributed by atoms with E-state index in [9.17, 15) is 19.5 Å². The molecule has 3 aromatic carbocycles. The summed E-state index contributed by atoms with van der Waals surface area (Å²) in [5, 5.41) is 21.1. The first-order valence-electron chi connectivity index (χ1n) is 8.39. The van der Waals surface area contributed by atoms with E-state index in [4.69, 9.17) is 9.84 Å². The van der Waals surface area contributed by atoms with Gasteiger partial charge in [0, 0.05) is 14.5 Å². The second kappa shape index (κ2) is 9.10. The van der Waals surface area contributed by atoms with Crippen LogP contribution in [-0.4, -0.2) is 28.1 Å².